The van der Waals surface area contributed by atoms with Gasteiger partial charge in [-0.25, -0.2) is 0 Å². The van der Waals surface area contributed by atoms with Crippen LogP contribution in [0.15, 0.2) is 9.66 Å². The zero-order valence-corrected chi connectivity index (χ0v) is 11.9. The molecule has 0 N–H and O–H groups in total. The first kappa shape index (κ1) is 15.4. The molecule has 0 atom stereocenters. The number of hydrogen-bond acceptors (Lipinski definition) is 4. The van der Waals surface area contributed by atoms with Gasteiger partial charge in [-0.15, -0.1) is 0 Å². The summed E-state index contributed by atoms with van der Waals surface area (Å²) in [5.41, 5.74) is 0.951. The quantitative estimate of drug-likeness (QED) is 0.423. The van der Waals surface area contributed by atoms with Crippen molar-refractivity contribution in [3.8, 4) is 0 Å². The fourth-order valence-electron chi connectivity index (χ4n) is 1.12. The fraction of sp³-hybridized carbons (Fsp3) is 0.636. The van der Waals surface area contributed by atoms with Gasteiger partial charge >= 0.3 is 11.9 Å². The third kappa shape index (κ3) is 5.48. The summed E-state index contributed by atoms with van der Waals surface area (Å²) < 4.78 is 11.5. The van der Waals surface area contributed by atoms with Crippen LogP contribution in [0.25, 0.3) is 0 Å². The highest BCUT2D eigenvalue weighted by molar-refractivity contribution is 14.1. The van der Waals surface area contributed by atoms with Gasteiger partial charge in [0.05, 0.1) is 13.2 Å². The van der Waals surface area contributed by atoms with Crippen molar-refractivity contribution in [3.05, 3.63) is 9.66 Å². The zero-order valence-electron chi connectivity index (χ0n) is 9.79. The molecule has 0 heterocycles. The van der Waals surface area contributed by atoms with E-state index in [-0.39, 0.29) is 13.2 Å². The average molecular weight is 340 g/mol. The molecular weight excluding hydrogens is 323 g/mol. The molecule has 0 unspecified atom stereocenters. The van der Waals surface area contributed by atoms with E-state index in [1.54, 1.807) is 13.8 Å². The van der Waals surface area contributed by atoms with E-state index in [2.05, 4.69) is 22.6 Å². The number of ether oxygens (including phenoxy) is 2. The molecule has 0 radical (unpaired) electrons. The highest BCUT2D eigenvalue weighted by Crippen LogP contribution is 2.16. The van der Waals surface area contributed by atoms with Crippen molar-refractivity contribution in [3.63, 3.8) is 0 Å². The molecule has 0 amide bonds. The Morgan fingerprint density at radius 3 is 1.94 bits per heavy atom. The molecular formula is C11H17IO4. The van der Waals surface area contributed by atoms with Gasteiger partial charge in [-0.3, -0.25) is 9.59 Å². The minimum atomic E-state index is -0.842. The van der Waals surface area contributed by atoms with Crippen molar-refractivity contribution < 1.29 is 19.1 Å². The fourth-order valence-corrected chi connectivity index (χ4v) is 1.37. The maximum Gasteiger partial charge on any atom is 0.320 e. The van der Waals surface area contributed by atoms with Crippen LogP contribution >= 0.6 is 22.6 Å². The van der Waals surface area contributed by atoms with Crippen LogP contribution in [0.1, 0.15) is 27.2 Å². The molecule has 16 heavy (non-hydrogen) atoms. The molecule has 0 saturated heterocycles. The largest absolute Gasteiger partial charge is 0.465 e. The zero-order chi connectivity index (χ0) is 12.6. The SMILES string of the molecule is CCOC(=O)C(C/C(C)=C\I)C(=O)OCC. The molecule has 0 aromatic rings. The molecule has 4 nitrogen and oxygen atoms in total. The van der Waals surface area contributed by atoms with Gasteiger partial charge in [0.25, 0.3) is 0 Å². The Bertz CT molecular complexity index is 255. The molecule has 0 spiro atoms. The topological polar surface area (TPSA) is 52.6 Å². The molecule has 0 saturated carbocycles. The van der Waals surface area contributed by atoms with Gasteiger partial charge in [0.1, 0.15) is 0 Å². The molecule has 0 aliphatic heterocycles. The minimum Gasteiger partial charge on any atom is -0.465 e. The van der Waals surface area contributed by atoms with Crippen molar-refractivity contribution in [1.29, 1.82) is 0 Å². The van der Waals surface area contributed by atoms with Gasteiger partial charge in [0.2, 0.25) is 0 Å². The first-order valence-electron chi connectivity index (χ1n) is 5.15. The van der Waals surface area contributed by atoms with Crippen LogP contribution < -0.4 is 0 Å². The van der Waals surface area contributed by atoms with Gasteiger partial charge in [-0.05, 0) is 31.3 Å². The van der Waals surface area contributed by atoms with E-state index in [1.165, 1.54) is 0 Å². The van der Waals surface area contributed by atoms with E-state index in [0.29, 0.717) is 6.42 Å². The minimum absolute atomic E-state index is 0.266. The summed E-state index contributed by atoms with van der Waals surface area (Å²) in [6.45, 7) is 5.81. The van der Waals surface area contributed by atoms with Gasteiger partial charge < -0.3 is 9.47 Å². The summed E-state index contributed by atoms with van der Waals surface area (Å²) in [5, 5.41) is 0. The van der Waals surface area contributed by atoms with Crippen molar-refractivity contribution >= 4 is 34.5 Å². The predicted octanol–water partition coefficient (Wildman–Crippen LogP) is 2.46. The van der Waals surface area contributed by atoms with Crippen molar-refractivity contribution in [1.82, 2.24) is 0 Å². The van der Waals surface area contributed by atoms with Crippen LogP contribution in [0.2, 0.25) is 0 Å². The third-order valence-electron chi connectivity index (χ3n) is 1.85. The Hall–Kier alpha value is -0.590. The molecule has 0 aromatic heterocycles. The maximum atomic E-state index is 11.6. The number of halogens is 1. The monoisotopic (exact) mass is 340 g/mol. The standard InChI is InChI=1S/C11H17IO4/c1-4-15-10(13)9(6-8(3)7-12)11(14)16-5-2/h7,9H,4-6H2,1-3H3/b8-7-. The number of allylic oxidation sites excluding steroid dienone is 1. The molecule has 0 aliphatic carbocycles. The number of esters is 2. The number of carbonyl (C=O) groups is 2. The van der Waals surface area contributed by atoms with E-state index in [0.717, 1.165) is 5.57 Å². The normalized spacial score (nSPS) is 11.4. The summed E-state index contributed by atoms with van der Waals surface area (Å²) in [5.74, 6) is -1.87. The van der Waals surface area contributed by atoms with Crippen LogP contribution in [0.3, 0.4) is 0 Å². The number of carbonyl (C=O) groups excluding carboxylic acids is 2. The molecule has 0 aromatic carbocycles. The van der Waals surface area contributed by atoms with Gasteiger partial charge in [-0.1, -0.05) is 28.2 Å². The molecule has 0 bridgehead atoms. The highest BCUT2D eigenvalue weighted by atomic mass is 127. The second-order valence-electron chi connectivity index (χ2n) is 3.22. The lowest BCUT2D eigenvalue weighted by Gasteiger charge is -2.14. The van der Waals surface area contributed by atoms with Crippen molar-refractivity contribution in [2.75, 3.05) is 13.2 Å². The molecule has 0 fully saturated rings. The smallest absolute Gasteiger partial charge is 0.320 e. The van der Waals surface area contributed by atoms with E-state index >= 15 is 0 Å². The molecule has 0 aliphatic rings. The highest BCUT2D eigenvalue weighted by Gasteiger charge is 2.29. The maximum absolute atomic E-state index is 11.6. The summed E-state index contributed by atoms with van der Waals surface area (Å²) >= 11 is 2.07. The predicted molar refractivity (Wildman–Crippen MR) is 69.2 cm³/mol. The summed E-state index contributed by atoms with van der Waals surface area (Å²) in [6.07, 6.45) is 0.348. The Morgan fingerprint density at radius 2 is 1.62 bits per heavy atom. The molecule has 92 valence electrons. The van der Waals surface area contributed by atoms with E-state index < -0.39 is 17.9 Å². The Labute approximate surface area is 110 Å². The van der Waals surface area contributed by atoms with Crippen LogP contribution in [0.5, 0.6) is 0 Å². The van der Waals surface area contributed by atoms with Gasteiger partial charge in [0.15, 0.2) is 5.92 Å². The average Bonchev–Trinajstić information content (AvgIpc) is 2.25. The van der Waals surface area contributed by atoms with Crippen LogP contribution in [0, 0.1) is 5.92 Å². The Kier molecular flexibility index (Phi) is 8.23. The molecule has 0 rings (SSSR count). The second-order valence-corrected chi connectivity index (χ2v) is 3.84. The van der Waals surface area contributed by atoms with Crippen LogP contribution in [-0.4, -0.2) is 25.2 Å². The number of hydrogen-bond donors (Lipinski definition) is 0. The van der Waals surface area contributed by atoms with Crippen molar-refractivity contribution in [2.24, 2.45) is 5.92 Å². The first-order valence-corrected chi connectivity index (χ1v) is 6.40. The summed E-state index contributed by atoms with van der Waals surface area (Å²) in [7, 11) is 0. The summed E-state index contributed by atoms with van der Waals surface area (Å²) in [4.78, 5) is 23.1. The lowest BCUT2D eigenvalue weighted by molar-refractivity contribution is -0.161. The molecule has 5 heteroatoms. The third-order valence-corrected chi connectivity index (χ3v) is 2.92. The van der Waals surface area contributed by atoms with E-state index in [4.69, 9.17) is 9.47 Å². The number of rotatable bonds is 6. The van der Waals surface area contributed by atoms with Gasteiger partial charge in [0, 0.05) is 0 Å². The second kappa shape index (κ2) is 8.55. The Morgan fingerprint density at radius 1 is 1.19 bits per heavy atom. The van der Waals surface area contributed by atoms with E-state index in [1.807, 2.05) is 11.0 Å². The Balaban J connectivity index is 4.62. The lowest BCUT2D eigenvalue weighted by atomic mass is 10.0. The van der Waals surface area contributed by atoms with E-state index in [9.17, 15) is 9.59 Å². The lowest BCUT2D eigenvalue weighted by Crippen LogP contribution is -2.28. The van der Waals surface area contributed by atoms with Crippen LogP contribution in [-0.2, 0) is 19.1 Å². The first-order chi connectivity index (χ1) is 7.56. The van der Waals surface area contributed by atoms with Crippen molar-refractivity contribution in [2.45, 2.75) is 27.2 Å². The van der Waals surface area contributed by atoms with Crippen LogP contribution in [0.4, 0.5) is 0 Å². The van der Waals surface area contributed by atoms with Gasteiger partial charge in [-0.2, -0.15) is 0 Å². The summed E-state index contributed by atoms with van der Waals surface area (Å²) in [6, 6.07) is 0.